The molecule has 0 N–H and O–H groups in total. The molecule has 0 heterocycles. The fourth-order valence-corrected chi connectivity index (χ4v) is 4.46. The van der Waals surface area contributed by atoms with E-state index in [1.165, 1.54) is 51.4 Å². The molecule has 0 aliphatic rings. The molecule has 6 heteroatoms. The Labute approximate surface area is 234 Å². The third-order valence-corrected chi connectivity index (χ3v) is 6.91. The molecule has 0 aliphatic heterocycles. The maximum atomic E-state index is 12.4. The van der Waals surface area contributed by atoms with E-state index in [1.54, 1.807) is 0 Å². The van der Waals surface area contributed by atoms with Crippen molar-refractivity contribution in [1.82, 2.24) is 0 Å². The molecule has 0 aromatic heterocycles. The zero-order chi connectivity index (χ0) is 28.3. The van der Waals surface area contributed by atoms with E-state index in [0.717, 1.165) is 44.9 Å². The third kappa shape index (κ3) is 24.7. The molecule has 6 nitrogen and oxygen atoms in total. The molecule has 38 heavy (non-hydrogen) atoms. The van der Waals surface area contributed by atoms with E-state index >= 15 is 0 Å². The molecule has 0 rings (SSSR count). The zero-order valence-electron chi connectivity index (χ0n) is 25.4. The molecule has 0 aromatic carbocycles. The van der Waals surface area contributed by atoms with Gasteiger partial charge in [-0.25, -0.2) is 0 Å². The average Bonchev–Trinajstić information content (AvgIpc) is 2.89. The second kappa shape index (κ2) is 27.0. The van der Waals surface area contributed by atoms with Gasteiger partial charge in [0.2, 0.25) is 0 Å². The van der Waals surface area contributed by atoms with E-state index in [1.807, 2.05) is 6.92 Å². The van der Waals surface area contributed by atoms with Crippen LogP contribution < -0.4 is 0 Å². The average molecular weight is 541 g/mol. The molecule has 0 aromatic rings. The Hall–Kier alpha value is -1.59. The third-order valence-electron chi connectivity index (χ3n) is 6.91. The van der Waals surface area contributed by atoms with E-state index in [2.05, 4.69) is 20.8 Å². The van der Waals surface area contributed by atoms with Gasteiger partial charge in [0.1, 0.15) is 6.10 Å². The first kappa shape index (κ1) is 36.4. The van der Waals surface area contributed by atoms with Gasteiger partial charge in [0.05, 0.1) is 12.7 Å². The second-order valence-electron chi connectivity index (χ2n) is 10.8. The van der Waals surface area contributed by atoms with Gasteiger partial charge in [-0.15, -0.1) is 0 Å². The normalized spacial score (nSPS) is 12.6. The maximum absolute atomic E-state index is 12.4. The van der Waals surface area contributed by atoms with Crippen molar-refractivity contribution in [2.75, 3.05) is 6.61 Å². The van der Waals surface area contributed by atoms with Crippen molar-refractivity contribution in [2.24, 2.45) is 0 Å². The summed E-state index contributed by atoms with van der Waals surface area (Å²) in [5.41, 5.74) is 0. The van der Waals surface area contributed by atoms with Gasteiger partial charge in [-0.2, -0.15) is 0 Å². The maximum Gasteiger partial charge on any atom is 0.306 e. The Bertz CT molecular complexity index is 576. The number of ether oxygens (including phenoxy) is 3. The monoisotopic (exact) mass is 540 g/mol. The first-order valence-corrected chi connectivity index (χ1v) is 16.0. The number of esters is 3. The van der Waals surface area contributed by atoms with E-state index < -0.39 is 0 Å². The van der Waals surface area contributed by atoms with Gasteiger partial charge in [0.15, 0.2) is 0 Å². The lowest BCUT2D eigenvalue weighted by atomic mass is 10.1. The van der Waals surface area contributed by atoms with Crippen LogP contribution in [0.5, 0.6) is 0 Å². The lowest BCUT2D eigenvalue weighted by molar-refractivity contribution is -0.153. The van der Waals surface area contributed by atoms with Crippen LogP contribution in [-0.2, 0) is 28.6 Å². The molecule has 0 fully saturated rings. The van der Waals surface area contributed by atoms with Gasteiger partial charge in [0, 0.05) is 19.3 Å². The van der Waals surface area contributed by atoms with E-state index in [0.29, 0.717) is 51.6 Å². The molecular formula is C32H60O6. The number of rotatable bonds is 27. The predicted molar refractivity (Wildman–Crippen MR) is 155 cm³/mol. The molecule has 0 aliphatic carbocycles. The van der Waals surface area contributed by atoms with Crippen LogP contribution in [0.3, 0.4) is 0 Å². The van der Waals surface area contributed by atoms with Gasteiger partial charge in [0.25, 0.3) is 0 Å². The summed E-state index contributed by atoms with van der Waals surface area (Å²) in [6.45, 7) is 8.79. The molecule has 0 spiro atoms. The fourth-order valence-electron chi connectivity index (χ4n) is 4.46. The second-order valence-corrected chi connectivity index (χ2v) is 10.8. The lowest BCUT2D eigenvalue weighted by Gasteiger charge is -2.20. The smallest absolute Gasteiger partial charge is 0.306 e. The molecule has 0 saturated carbocycles. The number of carbonyl (C=O) groups excluding carboxylic acids is 3. The molecule has 224 valence electrons. The summed E-state index contributed by atoms with van der Waals surface area (Å²) in [5.74, 6) is -0.444. The number of hydrogen-bond donors (Lipinski definition) is 0. The zero-order valence-corrected chi connectivity index (χ0v) is 25.4. The molecule has 0 unspecified atom stereocenters. The minimum Gasteiger partial charge on any atom is -0.466 e. The van der Waals surface area contributed by atoms with Gasteiger partial charge in [-0.1, -0.05) is 97.8 Å². The molecule has 0 radical (unpaired) electrons. The molecule has 0 amide bonds. The molecule has 0 saturated heterocycles. The minimum absolute atomic E-state index is 0.141. The van der Waals surface area contributed by atoms with Gasteiger partial charge in [-0.05, 0) is 51.9 Å². The lowest BCUT2D eigenvalue weighted by Crippen LogP contribution is -2.22. The first-order chi connectivity index (χ1) is 18.4. The van der Waals surface area contributed by atoms with Crippen molar-refractivity contribution in [3.63, 3.8) is 0 Å². The largest absolute Gasteiger partial charge is 0.466 e. The summed E-state index contributed by atoms with van der Waals surface area (Å²) in [7, 11) is 0. The summed E-state index contributed by atoms with van der Waals surface area (Å²) in [6, 6.07) is 0. The number of unbranched alkanes of at least 4 members (excludes halogenated alkanes) is 12. The van der Waals surface area contributed by atoms with Crippen molar-refractivity contribution >= 4 is 17.9 Å². The first-order valence-electron chi connectivity index (χ1n) is 16.0. The SMILES string of the molecule is CCCCCCCC(=O)OCCC[C@H](CC[C@@H](C)OC(=O)CCCCCCC)OC(=O)CCCCCCC. The fraction of sp³-hybridized carbons (Fsp3) is 0.906. The van der Waals surface area contributed by atoms with Gasteiger partial charge < -0.3 is 14.2 Å². The quantitative estimate of drug-likeness (QED) is 0.0587. The summed E-state index contributed by atoms with van der Waals surface area (Å²) in [4.78, 5) is 36.6. The van der Waals surface area contributed by atoms with Crippen LogP contribution in [0.1, 0.15) is 169 Å². The Morgan fingerprint density at radius 3 is 1.45 bits per heavy atom. The summed E-state index contributed by atoms with van der Waals surface area (Å²) in [5, 5.41) is 0. The highest BCUT2D eigenvalue weighted by atomic mass is 16.6. The van der Waals surface area contributed by atoms with E-state index in [9.17, 15) is 14.4 Å². The Morgan fingerprint density at radius 2 is 0.947 bits per heavy atom. The Balaban J connectivity index is 4.42. The summed E-state index contributed by atoms with van der Waals surface area (Å²) in [6.07, 6.45) is 20.0. The molecule has 0 bridgehead atoms. The van der Waals surface area contributed by atoms with Crippen molar-refractivity contribution in [3.8, 4) is 0 Å². The van der Waals surface area contributed by atoms with Crippen LogP contribution in [0.4, 0.5) is 0 Å². The van der Waals surface area contributed by atoms with E-state index in [4.69, 9.17) is 14.2 Å². The van der Waals surface area contributed by atoms with Gasteiger partial charge >= 0.3 is 17.9 Å². The number of carbonyl (C=O) groups is 3. The highest BCUT2D eigenvalue weighted by Crippen LogP contribution is 2.17. The molecule has 2 atom stereocenters. The van der Waals surface area contributed by atoms with Crippen LogP contribution >= 0.6 is 0 Å². The van der Waals surface area contributed by atoms with Crippen LogP contribution in [0, 0.1) is 0 Å². The van der Waals surface area contributed by atoms with Crippen LogP contribution in [0.25, 0.3) is 0 Å². The van der Waals surface area contributed by atoms with Crippen LogP contribution in [-0.4, -0.2) is 36.7 Å². The van der Waals surface area contributed by atoms with Crippen LogP contribution in [0.15, 0.2) is 0 Å². The van der Waals surface area contributed by atoms with Crippen molar-refractivity contribution in [1.29, 1.82) is 0 Å². The summed E-state index contributed by atoms with van der Waals surface area (Å²) >= 11 is 0. The standard InChI is InChI=1S/C32H60O6/c1-5-8-11-14-17-22-30(33)36-27-20-21-29(38-32(35)24-19-16-13-10-7-3)26-25-28(4)37-31(34)23-18-15-12-9-6-2/h28-29H,5-27H2,1-4H3/t28-,29-/m1/s1. The Morgan fingerprint density at radius 1 is 0.500 bits per heavy atom. The van der Waals surface area contributed by atoms with E-state index in [-0.39, 0.29) is 30.1 Å². The van der Waals surface area contributed by atoms with Crippen molar-refractivity contribution in [3.05, 3.63) is 0 Å². The van der Waals surface area contributed by atoms with Crippen molar-refractivity contribution < 1.29 is 28.6 Å². The minimum atomic E-state index is -0.249. The van der Waals surface area contributed by atoms with Crippen molar-refractivity contribution in [2.45, 2.75) is 181 Å². The highest BCUT2D eigenvalue weighted by molar-refractivity contribution is 5.70. The summed E-state index contributed by atoms with van der Waals surface area (Å²) < 4.78 is 16.8. The predicted octanol–water partition coefficient (Wildman–Crippen LogP) is 9.02. The molecular weight excluding hydrogens is 480 g/mol. The topological polar surface area (TPSA) is 78.9 Å². The highest BCUT2D eigenvalue weighted by Gasteiger charge is 2.18. The number of hydrogen-bond acceptors (Lipinski definition) is 6. The van der Waals surface area contributed by atoms with Crippen LogP contribution in [0.2, 0.25) is 0 Å². The van der Waals surface area contributed by atoms with Gasteiger partial charge in [-0.3, -0.25) is 14.4 Å². The Kier molecular flexibility index (Phi) is 25.9.